The minimum Gasteiger partial charge on any atom is -0.497 e. The number of ether oxygens (including phenoxy) is 1. The zero-order valence-corrected chi connectivity index (χ0v) is 14.3. The molecule has 0 saturated carbocycles. The van der Waals surface area contributed by atoms with Gasteiger partial charge in [0.15, 0.2) is 5.78 Å². The van der Waals surface area contributed by atoms with Gasteiger partial charge in [-0.15, -0.1) is 0 Å². The summed E-state index contributed by atoms with van der Waals surface area (Å²) in [6.07, 6.45) is 3.40. The van der Waals surface area contributed by atoms with Crippen LogP contribution in [-0.2, 0) is 4.79 Å². The smallest absolute Gasteiger partial charge is 0.225 e. The van der Waals surface area contributed by atoms with E-state index in [0.29, 0.717) is 13.1 Å². The maximum absolute atomic E-state index is 12.6. The number of carbonyl (C=O) groups excluding carboxylic acids is 2. The van der Waals surface area contributed by atoms with Gasteiger partial charge >= 0.3 is 0 Å². The topological polar surface area (TPSA) is 58.6 Å². The van der Waals surface area contributed by atoms with E-state index in [1.54, 1.807) is 7.11 Å². The molecule has 24 heavy (non-hydrogen) atoms. The number of nitrogens with zero attached hydrogens (tertiary/aromatic N) is 1. The summed E-state index contributed by atoms with van der Waals surface area (Å²) in [5.41, 5.74) is 0.735. The van der Waals surface area contributed by atoms with E-state index >= 15 is 0 Å². The molecule has 3 rings (SSSR count). The van der Waals surface area contributed by atoms with Crippen LogP contribution in [0.25, 0.3) is 0 Å². The Hall–Kier alpha value is -1.88. The van der Waals surface area contributed by atoms with E-state index < -0.39 is 0 Å². The van der Waals surface area contributed by atoms with Crippen molar-refractivity contribution in [2.24, 2.45) is 11.8 Å². The normalized spacial score (nSPS) is 20.0. The molecule has 5 nitrogen and oxygen atoms in total. The first-order valence-corrected chi connectivity index (χ1v) is 8.87. The molecule has 130 valence electrons. The van der Waals surface area contributed by atoms with E-state index in [1.165, 1.54) is 0 Å². The van der Waals surface area contributed by atoms with Crippen LogP contribution in [0.4, 0.5) is 0 Å². The van der Waals surface area contributed by atoms with Gasteiger partial charge in [-0.2, -0.15) is 0 Å². The molecule has 5 heteroatoms. The second-order valence-electron chi connectivity index (χ2n) is 6.72. The first kappa shape index (κ1) is 17.0. The Morgan fingerprint density at radius 1 is 1.00 bits per heavy atom. The molecule has 0 aromatic heterocycles. The lowest BCUT2D eigenvalue weighted by Crippen LogP contribution is -2.45. The second-order valence-corrected chi connectivity index (χ2v) is 6.72. The van der Waals surface area contributed by atoms with Gasteiger partial charge in [-0.3, -0.25) is 9.59 Å². The Morgan fingerprint density at radius 2 is 1.62 bits per heavy atom. The molecule has 0 bridgehead atoms. The third-order valence-corrected chi connectivity index (χ3v) is 5.24. The van der Waals surface area contributed by atoms with Crippen LogP contribution in [0.1, 0.15) is 36.0 Å². The summed E-state index contributed by atoms with van der Waals surface area (Å²) in [4.78, 5) is 27.2. The predicted molar refractivity (Wildman–Crippen MR) is 92.2 cm³/mol. The first-order valence-electron chi connectivity index (χ1n) is 8.87. The summed E-state index contributed by atoms with van der Waals surface area (Å²) in [6, 6.07) is 7.30. The Morgan fingerprint density at radius 3 is 2.21 bits per heavy atom. The largest absolute Gasteiger partial charge is 0.497 e. The predicted octanol–water partition coefficient (Wildman–Crippen LogP) is 2.12. The van der Waals surface area contributed by atoms with Crippen LogP contribution in [0.15, 0.2) is 24.3 Å². The van der Waals surface area contributed by atoms with E-state index in [1.807, 2.05) is 29.2 Å². The molecular weight excluding hydrogens is 304 g/mol. The minimum atomic E-state index is 0.0236. The molecule has 1 amide bonds. The van der Waals surface area contributed by atoms with E-state index in [0.717, 1.165) is 50.1 Å². The number of piperidine rings is 2. The van der Waals surface area contributed by atoms with Crippen molar-refractivity contribution >= 4 is 11.7 Å². The first-order chi connectivity index (χ1) is 11.7. The highest BCUT2D eigenvalue weighted by Crippen LogP contribution is 2.25. The summed E-state index contributed by atoms with van der Waals surface area (Å²) < 4.78 is 5.13. The van der Waals surface area contributed by atoms with Crippen molar-refractivity contribution in [2.45, 2.75) is 25.7 Å². The minimum absolute atomic E-state index is 0.0236. The number of hydrogen-bond acceptors (Lipinski definition) is 4. The lowest BCUT2D eigenvalue weighted by atomic mass is 9.87. The Kier molecular flexibility index (Phi) is 5.51. The average molecular weight is 330 g/mol. The Balaban J connectivity index is 1.54. The van der Waals surface area contributed by atoms with E-state index in [-0.39, 0.29) is 23.5 Å². The van der Waals surface area contributed by atoms with Gasteiger partial charge in [-0.05, 0) is 63.0 Å². The fourth-order valence-corrected chi connectivity index (χ4v) is 3.68. The standard InChI is InChI=1S/C19H26N2O3/c1-24-17-4-2-14(3-5-17)18(22)15-8-12-21(13-9-15)19(23)16-6-10-20-11-7-16/h2-5,15-16,20H,6-13H2,1H3. The van der Waals surface area contributed by atoms with Crippen molar-refractivity contribution in [3.8, 4) is 5.75 Å². The number of methoxy groups -OCH3 is 1. The number of likely N-dealkylation sites (tertiary alicyclic amines) is 1. The summed E-state index contributed by atoms with van der Waals surface area (Å²) in [7, 11) is 1.62. The Labute approximate surface area is 143 Å². The fraction of sp³-hybridized carbons (Fsp3) is 0.579. The van der Waals surface area contributed by atoms with Crippen LogP contribution in [0, 0.1) is 11.8 Å². The number of ketones is 1. The molecule has 1 aromatic rings. The van der Waals surface area contributed by atoms with Crippen molar-refractivity contribution in [3.63, 3.8) is 0 Å². The summed E-state index contributed by atoms with van der Waals surface area (Å²) in [6.45, 7) is 3.27. The number of amides is 1. The number of rotatable bonds is 4. The van der Waals surface area contributed by atoms with E-state index in [4.69, 9.17) is 4.74 Å². The molecule has 0 atom stereocenters. The van der Waals surface area contributed by atoms with Gasteiger partial charge < -0.3 is 15.0 Å². The molecule has 2 aliphatic rings. The second kappa shape index (κ2) is 7.79. The molecule has 1 N–H and O–H groups in total. The Bertz CT molecular complexity index is 571. The lowest BCUT2D eigenvalue weighted by molar-refractivity contribution is -0.137. The molecule has 0 radical (unpaired) electrons. The monoisotopic (exact) mass is 330 g/mol. The van der Waals surface area contributed by atoms with Gasteiger partial charge in [0.2, 0.25) is 5.91 Å². The lowest BCUT2D eigenvalue weighted by Gasteiger charge is -2.34. The van der Waals surface area contributed by atoms with Gasteiger partial charge in [0.25, 0.3) is 0 Å². The van der Waals surface area contributed by atoms with Crippen molar-refractivity contribution in [1.82, 2.24) is 10.2 Å². The van der Waals surface area contributed by atoms with Crippen LogP contribution in [0.2, 0.25) is 0 Å². The average Bonchev–Trinajstić information content (AvgIpc) is 2.68. The zero-order chi connectivity index (χ0) is 16.9. The fourth-order valence-electron chi connectivity index (χ4n) is 3.68. The highest BCUT2D eigenvalue weighted by Gasteiger charge is 2.31. The maximum atomic E-state index is 12.6. The van der Waals surface area contributed by atoms with Crippen molar-refractivity contribution in [2.75, 3.05) is 33.3 Å². The molecule has 2 fully saturated rings. The van der Waals surface area contributed by atoms with Crippen LogP contribution >= 0.6 is 0 Å². The van der Waals surface area contributed by atoms with Crippen molar-refractivity contribution in [1.29, 1.82) is 0 Å². The SMILES string of the molecule is COc1ccc(C(=O)C2CCN(C(=O)C3CCNCC3)CC2)cc1. The summed E-state index contributed by atoms with van der Waals surface area (Å²) in [5, 5.41) is 3.30. The molecule has 2 heterocycles. The van der Waals surface area contributed by atoms with Gasteiger partial charge in [-0.25, -0.2) is 0 Å². The van der Waals surface area contributed by atoms with E-state index in [9.17, 15) is 9.59 Å². The highest BCUT2D eigenvalue weighted by atomic mass is 16.5. The summed E-state index contributed by atoms with van der Waals surface area (Å²) in [5.74, 6) is 1.42. The van der Waals surface area contributed by atoms with Gasteiger partial charge in [-0.1, -0.05) is 0 Å². The molecule has 0 unspecified atom stereocenters. The van der Waals surface area contributed by atoms with Crippen molar-refractivity contribution < 1.29 is 14.3 Å². The van der Waals surface area contributed by atoms with Gasteiger partial charge in [0.05, 0.1) is 7.11 Å². The van der Waals surface area contributed by atoms with Crippen LogP contribution in [0.5, 0.6) is 5.75 Å². The third kappa shape index (κ3) is 3.78. The quantitative estimate of drug-likeness (QED) is 0.859. The van der Waals surface area contributed by atoms with Crippen LogP contribution < -0.4 is 10.1 Å². The van der Waals surface area contributed by atoms with Crippen LogP contribution in [0.3, 0.4) is 0 Å². The highest BCUT2D eigenvalue weighted by molar-refractivity contribution is 5.98. The molecule has 2 saturated heterocycles. The molecular formula is C19H26N2O3. The molecule has 0 aliphatic carbocycles. The maximum Gasteiger partial charge on any atom is 0.225 e. The number of hydrogen-bond donors (Lipinski definition) is 1. The zero-order valence-electron chi connectivity index (χ0n) is 14.3. The van der Waals surface area contributed by atoms with Gasteiger partial charge in [0.1, 0.15) is 5.75 Å². The molecule has 0 spiro atoms. The number of Topliss-reactive ketones (excluding diaryl/α,β-unsaturated/α-hetero) is 1. The number of carbonyl (C=O) groups is 2. The van der Waals surface area contributed by atoms with Gasteiger partial charge in [0, 0.05) is 30.5 Å². The van der Waals surface area contributed by atoms with E-state index in [2.05, 4.69) is 5.32 Å². The van der Waals surface area contributed by atoms with Crippen LogP contribution in [-0.4, -0.2) is 49.9 Å². The molecule has 2 aliphatic heterocycles. The van der Waals surface area contributed by atoms with Crippen molar-refractivity contribution in [3.05, 3.63) is 29.8 Å². The number of nitrogens with one attached hydrogen (secondary N) is 1. The summed E-state index contributed by atoms with van der Waals surface area (Å²) >= 11 is 0. The molecule has 1 aromatic carbocycles. The number of benzene rings is 1. The third-order valence-electron chi connectivity index (χ3n) is 5.24.